The second-order valence-corrected chi connectivity index (χ2v) is 5.04. The van der Waals surface area contributed by atoms with Crippen LogP contribution in [0.25, 0.3) is 0 Å². The highest BCUT2D eigenvalue weighted by molar-refractivity contribution is 5.79. The maximum Gasteiger partial charge on any atom is 0.225 e. The van der Waals surface area contributed by atoms with Gasteiger partial charge in [-0.25, -0.2) is 0 Å². The molecule has 6 nitrogen and oxygen atoms in total. The molecule has 2 amide bonds. The van der Waals surface area contributed by atoms with Crippen LogP contribution in [0, 0.1) is 5.92 Å². The van der Waals surface area contributed by atoms with Crippen LogP contribution in [-0.4, -0.2) is 63.3 Å². The predicted octanol–water partition coefficient (Wildman–Crippen LogP) is 1.05. The summed E-state index contributed by atoms with van der Waals surface area (Å²) in [5.41, 5.74) is 0. The zero-order chi connectivity index (χ0) is 16.3. The van der Waals surface area contributed by atoms with Crippen molar-refractivity contribution in [3.63, 3.8) is 0 Å². The van der Waals surface area contributed by atoms with E-state index in [2.05, 4.69) is 5.32 Å². The highest BCUT2D eigenvalue weighted by Gasteiger charge is 2.27. The molecule has 0 aromatic carbocycles. The van der Waals surface area contributed by atoms with Crippen molar-refractivity contribution in [2.45, 2.75) is 39.7 Å². The third kappa shape index (κ3) is 7.43. The molecule has 0 saturated heterocycles. The van der Waals surface area contributed by atoms with Crippen LogP contribution < -0.4 is 5.32 Å². The molecule has 0 heterocycles. The van der Waals surface area contributed by atoms with Gasteiger partial charge >= 0.3 is 0 Å². The molecule has 0 spiro atoms. The van der Waals surface area contributed by atoms with Gasteiger partial charge in [-0.1, -0.05) is 13.8 Å². The molecule has 0 bridgehead atoms. The Balaban J connectivity index is 4.69. The minimum absolute atomic E-state index is 0.0313. The van der Waals surface area contributed by atoms with Crippen LogP contribution in [0.4, 0.5) is 0 Å². The number of hydrogen-bond donors (Lipinski definition) is 1. The largest absolute Gasteiger partial charge is 0.384 e. The van der Waals surface area contributed by atoms with Crippen molar-refractivity contribution in [1.82, 2.24) is 10.2 Å². The van der Waals surface area contributed by atoms with Gasteiger partial charge in [-0.2, -0.15) is 0 Å². The molecule has 0 aliphatic carbocycles. The first-order chi connectivity index (χ1) is 10.0. The maximum absolute atomic E-state index is 12.2. The molecule has 0 aliphatic rings. The van der Waals surface area contributed by atoms with E-state index < -0.39 is 0 Å². The zero-order valence-electron chi connectivity index (χ0n) is 14.0. The Morgan fingerprint density at radius 2 is 1.90 bits per heavy atom. The molecule has 124 valence electrons. The minimum atomic E-state index is -0.311. The molecule has 0 radical (unpaired) electrons. The molecule has 0 aromatic heterocycles. The molecule has 1 N–H and O–H groups in total. The highest BCUT2D eigenvalue weighted by Crippen LogP contribution is 2.11. The quantitative estimate of drug-likeness (QED) is 0.619. The molecule has 0 rings (SSSR count). The van der Waals surface area contributed by atoms with Crippen molar-refractivity contribution in [3.8, 4) is 0 Å². The number of amides is 2. The van der Waals surface area contributed by atoms with E-state index in [1.165, 1.54) is 0 Å². The lowest BCUT2D eigenvalue weighted by molar-refractivity contribution is -0.137. The Morgan fingerprint density at radius 1 is 1.24 bits per heavy atom. The van der Waals surface area contributed by atoms with Gasteiger partial charge in [0, 0.05) is 33.9 Å². The molecule has 6 heteroatoms. The molecule has 2 unspecified atom stereocenters. The van der Waals surface area contributed by atoms with Crippen molar-refractivity contribution in [2.75, 3.05) is 40.5 Å². The van der Waals surface area contributed by atoms with Gasteiger partial charge < -0.3 is 19.7 Å². The molecular weight excluding hydrogens is 272 g/mol. The van der Waals surface area contributed by atoms with Crippen LogP contribution in [-0.2, 0) is 19.1 Å². The van der Waals surface area contributed by atoms with Gasteiger partial charge in [0.2, 0.25) is 11.8 Å². The predicted molar refractivity (Wildman–Crippen MR) is 82.0 cm³/mol. The summed E-state index contributed by atoms with van der Waals surface area (Å²) in [5, 5.41) is 2.79. The van der Waals surface area contributed by atoms with Crippen molar-refractivity contribution >= 4 is 11.8 Å². The second-order valence-electron chi connectivity index (χ2n) is 5.04. The number of carbonyl (C=O) groups excluding carboxylic acids is 2. The van der Waals surface area contributed by atoms with Crippen LogP contribution in [0.15, 0.2) is 0 Å². The lowest BCUT2D eigenvalue weighted by Crippen LogP contribution is -2.45. The second kappa shape index (κ2) is 11.5. The zero-order valence-corrected chi connectivity index (χ0v) is 14.0. The fourth-order valence-electron chi connectivity index (χ4n) is 2.09. The van der Waals surface area contributed by atoms with Gasteiger partial charge in [-0.3, -0.25) is 9.59 Å². The number of carbonyl (C=O) groups is 2. The van der Waals surface area contributed by atoms with E-state index >= 15 is 0 Å². The summed E-state index contributed by atoms with van der Waals surface area (Å²) in [6.07, 6.45) is 0.905. The highest BCUT2D eigenvalue weighted by atomic mass is 16.5. The summed E-state index contributed by atoms with van der Waals surface area (Å²) >= 11 is 0. The lowest BCUT2D eigenvalue weighted by atomic mass is 10.0. The number of rotatable bonds is 11. The van der Waals surface area contributed by atoms with Crippen LogP contribution >= 0.6 is 0 Å². The maximum atomic E-state index is 12.2. The van der Waals surface area contributed by atoms with Crippen LogP contribution in [0.5, 0.6) is 0 Å². The molecule has 2 atom stereocenters. The Bertz CT molecular complexity index is 310. The summed E-state index contributed by atoms with van der Waals surface area (Å²) in [6, 6.07) is 0. The fourth-order valence-corrected chi connectivity index (χ4v) is 2.09. The van der Waals surface area contributed by atoms with E-state index in [1.54, 1.807) is 19.1 Å². The van der Waals surface area contributed by atoms with E-state index in [-0.39, 0.29) is 23.8 Å². The van der Waals surface area contributed by atoms with Crippen molar-refractivity contribution in [2.24, 2.45) is 5.92 Å². The van der Waals surface area contributed by atoms with E-state index in [4.69, 9.17) is 9.47 Å². The molecule has 21 heavy (non-hydrogen) atoms. The summed E-state index contributed by atoms with van der Waals surface area (Å²) < 4.78 is 10.4. The van der Waals surface area contributed by atoms with Gasteiger partial charge in [0.05, 0.1) is 25.0 Å². The summed E-state index contributed by atoms with van der Waals surface area (Å²) in [4.78, 5) is 25.8. The standard InChI is InChI=1S/C15H30N2O4/c1-6-9-17(14(18)8-10-20-4)11-13(21-5)12(3)15(19)16-7-2/h12-13H,6-11H2,1-5H3,(H,16,19). The van der Waals surface area contributed by atoms with Crippen LogP contribution in [0.1, 0.15) is 33.6 Å². The van der Waals surface area contributed by atoms with Crippen LogP contribution in [0.3, 0.4) is 0 Å². The van der Waals surface area contributed by atoms with E-state index in [0.717, 1.165) is 6.42 Å². The number of nitrogens with zero attached hydrogens (tertiary/aromatic N) is 1. The SMILES string of the molecule is CCCN(CC(OC)C(C)C(=O)NCC)C(=O)CCOC. The van der Waals surface area contributed by atoms with E-state index in [1.807, 2.05) is 20.8 Å². The molecule has 0 aromatic rings. The Kier molecular flexibility index (Phi) is 10.9. The fraction of sp³-hybridized carbons (Fsp3) is 0.867. The van der Waals surface area contributed by atoms with E-state index in [9.17, 15) is 9.59 Å². The number of methoxy groups -OCH3 is 2. The third-order valence-corrected chi connectivity index (χ3v) is 3.39. The Hall–Kier alpha value is -1.14. The van der Waals surface area contributed by atoms with Gasteiger partial charge in [-0.15, -0.1) is 0 Å². The first kappa shape index (κ1) is 19.9. The summed E-state index contributed by atoms with van der Waals surface area (Å²) in [6.45, 7) is 7.79. The number of ether oxygens (including phenoxy) is 2. The third-order valence-electron chi connectivity index (χ3n) is 3.39. The first-order valence-electron chi connectivity index (χ1n) is 7.58. The van der Waals surface area contributed by atoms with Crippen molar-refractivity contribution in [3.05, 3.63) is 0 Å². The molecular formula is C15H30N2O4. The smallest absolute Gasteiger partial charge is 0.225 e. The topological polar surface area (TPSA) is 67.9 Å². The molecule has 0 fully saturated rings. The van der Waals surface area contributed by atoms with Crippen molar-refractivity contribution < 1.29 is 19.1 Å². The Labute approximate surface area is 128 Å². The van der Waals surface area contributed by atoms with Gasteiger partial charge in [0.25, 0.3) is 0 Å². The van der Waals surface area contributed by atoms with Gasteiger partial charge in [0.15, 0.2) is 0 Å². The van der Waals surface area contributed by atoms with Crippen molar-refractivity contribution in [1.29, 1.82) is 0 Å². The van der Waals surface area contributed by atoms with Crippen LogP contribution in [0.2, 0.25) is 0 Å². The summed E-state index contributed by atoms with van der Waals surface area (Å²) in [7, 11) is 3.15. The molecule has 0 aliphatic heterocycles. The number of hydrogen-bond acceptors (Lipinski definition) is 4. The van der Waals surface area contributed by atoms with Gasteiger partial charge in [0.1, 0.15) is 0 Å². The molecule has 0 saturated carbocycles. The monoisotopic (exact) mass is 302 g/mol. The average molecular weight is 302 g/mol. The minimum Gasteiger partial charge on any atom is -0.384 e. The average Bonchev–Trinajstić information content (AvgIpc) is 2.48. The summed E-state index contributed by atoms with van der Waals surface area (Å²) in [5.74, 6) is -0.321. The lowest BCUT2D eigenvalue weighted by Gasteiger charge is -2.29. The van der Waals surface area contributed by atoms with Gasteiger partial charge in [-0.05, 0) is 13.3 Å². The first-order valence-corrected chi connectivity index (χ1v) is 7.58. The normalized spacial score (nSPS) is 13.6. The number of nitrogens with one attached hydrogen (secondary N) is 1. The van der Waals surface area contributed by atoms with E-state index in [0.29, 0.717) is 32.7 Å². The Morgan fingerprint density at radius 3 is 2.38 bits per heavy atom.